The number of amides is 2. The minimum atomic E-state index is -1.36. The topological polar surface area (TPSA) is 225 Å². The van der Waals surface area contributed by atoms with Gasteiger partial charge in [-0.3, -0.25) is 0 Å². The third kappa shape index (κ3) is 6.22. The highest BCUT2D eigenvalue weighted by atomic mass is 16.6. The molecule has 0 bridgehead atoms. The molecule has 28 heavy (non-hydrogen) atoms. The van der Waals surface area contributed by atoms with Gasteiger partial charge in [-0.25, -0.2) is 19.2 Å². The molecule has 2 amide bonds. The molecule has 0 saturated heterocycles. The molecule has 2 N–H and O–H groups in total. The van der Waals surface area contributed by atoms with Crippen molar-refractivity contribution in [3.63, 3.8) is 0 Å². The molecule has 0 aliphatic rings. The Kier molecular flexibility index (Phi) is 8.28. The van der Waals surface area contributed by atoms with Crippen molar-refractivity contribution in [1.29, 1.82) is 0 Å². The summed E-state index contributed by atoms with van der Waals surface area (Å²) in [6, 6.07) is 2.15. The minimum absolute atomic E-state index is 0.0287. The minimum Gasteiger partial charge on any atom is -0.478 e. The fourth-order valence-corrected chi connectivity index (χ4v) is 2.28. The van der Waals surface area contributed by atoms with E-state index in [9.17, 15) is 29.4 Å². The van der Waals surface area contributed by atoms with Gasteiger partial charge >= 0.3 is 24.1 Å². The van der Waals surface area contributed by atoms with E-state index in [2.05, 4.69) is 29.5 Å². The van der Waals surface area contributed by atoms with E-state index in [1.807, 2.05) is 0 Å². The Morgan fingerprint density at radius 2 is 1.18 bits per heavy atom. The number of hydrogen-bond acceptors (Lipinski definition) is 6. The molecule has 1 rings (SSSR count). The van der Waals surface area contributed by atoms with Crippen LogP contribution >= 0.6 is 0 Å². The van der Waals surface area contributed by atoms with Gasteiger partial charge in [0.05, 0.1) is 24.3 Å². The van der Waals surface area contributed by atoms with Crippen molar-refractivity contribution in [3.05, 3.63) is 55.3 Å². The average Bonchev–Trinajstić information content (AvgIpc) is 2.62. The molecule has 0 radical (unpaired) electrons. The second-order valence-corrected chi connectivity index (χ2v) is 4.84. The number of carboxylic acids is 2. The molecule has 0 heterocycles. The van der Waals surface area contributed by atoms with E-state index < -0.39 is 37.3 Å². The van der Waals surface area contributed by atoms with Crippen LogP contribution in [0.4, 0.5) is 9.59 Å². The van der Waals surface area contributed by atoms with Gasteiger partial charge in [-0.2, -0.15) is 0 Å². The highest BCUT2D eigenvalue weighted by molar-refractivity contribution is 5.95. The SMILES string of the molecule is [N-]=[N+]=NC(=O)OCCc1c(C(=O)O)ccc(C(=O)O)c1CCOC(=O)N=[N+]=[N-]. The summed E-state index contributed by atoms with van der Waals surface area (Å²) in [7, 11) is 0. The highest BCUT2D eigenvalue weighted by Gasteiger charge is 2.21. The highest BCUT2D eigenvalue weighted by Crippen LogP contribution is 2.22. The van der Waals surface area contributed by atoms with Crippen LogP contribution in [0.25, 0.3) is 20.9 Å². The fraction of sp³-hybridized carbons (Fsp3) is 0.286. The lowest BCUT2D eigenvalue weighted by Gasteiger charge is -2.15. The number of rotatable bonds is 8. The van der Waals surface area contributed by atoms with Crippen molar-refractivity contribution in [3.8, 4) is 0 Å². The third-order valence-corrected chi connectivity index (χ3v) is 3.30. The number of carboxylic acid groups (broad SMARTS) is 2. The van der Waals surface area contributed by atoms with Gasteiger partial charge in [0.25, 0.3) is 0 Å². The lowest BCUT2D eigenvalue weighted by molar-refractivity contribution is 0.0678. The zero-order valence-electron chi connectivity index (χ0n) is 14.0. The smallest absolute Gasteiger partial charge is 0.396 e. The van der Waals surface area contributed by atoms with Gasteiger partial charge in [-0.1, -0.05) is 0 Å². The van der Waals surface area contributed by atoms with Crippen molar-refractivity contribution in [2.75, 3.05) is 13.2 Å². The molecule has 146 valence electrons. The molecule has 14 nitrogen and oxygen atoms in total. The summed E-state index contributed by atoms with van der Waals surface area (Å²) in [6.45, 7) is -0.792. The molecular weight excluding hydrogens is 380 g/mol. The molecule has 0 spiro atoms. The van der Waals surface area contributed by atoms with E-state index in [0.29, 0.717) is 0 Å². The van der Waals surface area contributed by atoms with Crippen molar-refractivity contribution in [1.82, 2.24) is 0 Å². The summed E-state index contributed by atoms with van der Waals surface area (Å²) in [5.41, 5.74) is 15.8. The molecule has 0 atom stereocenters. The van der Waals surface area contributed by atoms with Crippen LogP contribution in [0, 0.1) is 0 Å². The van der Waals surface area contributed by atoms with Crippen molar-refractivity contribution in [2.24, 2.45) is 10.2 Å². The van der Waals surface area contributed by atoms with Crippen molar-refractivity contribution < 1.29 is 38.9 Å². The van der Waals surface area contributed by atoms with Crippen LogP contribution in [-0.2, 0) is 22.3 Å². The van der Waals surface area contributed by atoms with E-state index in [0.717, 1.165) is 12.1 Å². The first kappa shape index (κ1) is 21.8. The molecule has 0 aromatic heterocycles. The van der Waals surface area contributed by atoms with Crippen LogP contribution in [0.1, 0.15) is 31.8 Å². The van der Waals surface area contributed by atoms with Crippen LogP contribution < -0.4 is 0 Å². The second-order valence-electron chi connectivity index (χ2n) is 4.84. The van der Waals surface area contributed by atoms with Crippen LogP contribution in [0.3, 0.4) is 0 Å². The van der Waals surface area contributed by atoms with Crippen molar-refractivity contribution >= 4 is 24.1 Å². The molecule has 0 saturated carbocycles. The molecule has 1 aromatic rings. The number of aromatic carboxylic acids is 2. The summed E-state index contributed by atoms with van der Waals surface area (Å²) in [4.78, 5) is 49.5. The van der Waals surface area contributed by atoms with Gasteiger partial charge in [0.15, 0.2) is 0 Å². The summed E-state index contributed by atoms with van der Waals surface area (Å²) in [5, 5.41) is 24.0. The number of benzene rings is 1. The zero-order valence-corrected chi connectivity index (χ0v) is 14.0. The maximum atomic E-state index is 11.5. The van der Waals surface area contributed by atoms with Crippen LogP contribution in [0.2, 0.25) is 0 Å². The Labute approximate surface area is 155 Å². The van der Waals surface area contributed by atoms with Crippen LogP contribution in [0.15, 0.2) is 22.4 Å². The van der Waals surface area contributed by atoms with E-state index in [1.165, 1.54) is 0 Å². The number of azide groups is 2. The third-order valence-electron chi connectivity index (χ3n) is 3.30. The number of carbonyl (C=O) groups excluding carboxylic acids is 2. The van der Waals surface area contributed by atoms with E-state index in [4.69, 9.17) is 11.1 Å². The Morgan fingerprint density at radius 3 is 1.46 bits per heavy atom. The molecule has 1 aromatic carbocycles. The molecular formula is C14H12N6O8. The van der Waals surface area contributed by atoms with Gasteiger partial charge < -0.3 is 19.7 Å². The average molecular weight is 392 g/mol. The van der Waals surface area contributed by atoms with Gasteiger partial charge in [-0.15, -0.1) is 0 Å². The maximum Gasteiger partial charge on any atom is 0.396 e. The molecule has 0 unspecified atom stereocenters. The molecule has 0 aliphatic carbocycles. The Hall–Kier alpha value is -4.28. The van der Waals surface area contributed by atoms with E-state index in [1.54, 1.807) is 0 Å². The standard InChI is InChI=1S/C14H12N6O8/c15-19-17-13(25)27-5-3-7-8(4-6-28-14(26)18-20-16)10(12(23)24)2-1-9(7)11(21)22/h1-2H,3-6H2,(H,21,22)(H,23,24). The summed E-state index contributed by atoms with van der Waals surface area (Å²) < 4.78 is 9.22. The monoisotopic (exact) mass is 392 g/mol. The van der Waals surface area contributed by atoms with Gasteiger partial charge in [0.2, 0.25) is 0 Å². The Morgan fingerprint density at radius 1 is 0.821 bits per heavy atom. The lowest BCUT2D eigenvalue weighted by atomic mass is 9.92. The first-order valence-corrected chi connectivity index (χ1v) is 7.36. The first-order chi connectivity index (χ1) is 13.3. The number of nitrogens with zero attached hydrogens (tertiary/aromatic N) is 6. The predicted molar refractivity (Wildman–Crippen MR) is 88.8 cm³/mol. The lowest BCUT2D eigenvalue weighted by Crippen LogP contribution is -2.16. The number of hydrogen-bond donors (Lipinski definition) is 2. The second kappa shape index (κ2) is 10.7. The number of carbonyl (C=O) groups is 4. The van der Waals surface area contributed by atoms with Gasteiger partial charge in [-0.05, 0) is 34.3 Å². The van der Waals surface area contributed by atoms with E-state index in [-0.39, 0.29) is 35.1 Å². The molecule has 14 heteroatoms. The van der Waals surface area contributed by atoms with Crippen molar-refractivity contribution in [2.45, 2.75) is 12.8 Å². The zero-order chi connectivity index (χ0) is 21.1. The van der Waals surface area contributed by atoms with E-state index >= 15 is 0 Å². The van der Waals surface area contributed by atoms with Gasteiger partial charge in [0.1, 0.15) is 0 Å². The summed E-state index contributed by atoms with van der Waals surface area (Å²) in [5.74, 6) is -2.72. The fourth-order valence-electron chi connectivity index (χ4n) is 2.28. The molecule has 0 fully saturated rings. The van der Waals surface area contributed by atoms with Crippen LogP contribution in [-0.4, -0.2) is 47.6 Å². The number of ether oxygens (including phenoxy) is 2. The Bertz CT molecular complexity index is 828. The largest absolute Gasteiger partial charge is 0.478 e. The predicted octanol–water partition coefficient (Wildman–Crippen LogP) is 3.06. The summed E-state index contributed by atoms with van der Waals surface area (Å²) >= 11 is 0. The quantitative estimate of drug-likeness (QED) is 0.378. The van der Waals surface area contributed by atoms with Crippen LogP contribution in [0.5, 0.6) is 0 Å². The first-order valence-electron chi connectivity index (χ1n) is 7.36. The molecule has 0 aliphatic heterocycles. The van der Waals surface area contributed by atoms with Gasteiger partial charge in [0, 0.05) is 32.9 Å². The normalized spacial score (nSPS) is 9.43. The maximum absolute atomic E-state index is 11.5. The summed E-state index contributed by atoms with van der Waals surface area (Å²) in [6.07, 6.45) is -2.90. The Balaban J connectivity index is 3.19.